The molecule has 0 saturated heterocycles. The van der Waals surface area contributed by atoms with Gasteiger partial charge in [-0.3, -0.25) is 10.1 Å². The third-order valence-corrected chi connectivity index (χ3v) is 4.10. The zero-order valence-electron chi connectivity index (χ0n) is 14.6. The predicted molar refractivity (Wildman–Crippen MR) is 97.3 cm³/mol. The van der Waals surface area contributed by atoms with E-state index in [1.165, 1.54) is 19.2 Å². The summed E-state index contributed by atoms with van der Waals surface area (Å²) >= 11 is 5.76. The molecule has 0 amide bonds. The van der Waals surface area contributed by atoms with Crippen LogP contribution in [0.1, 0.15) is 11.1 Å². The Morgan fingerprint density at radius 1 is 1.21 bits per heavy atom. The van der Waals surface area contributed by atoms with Gasteiger partial charge < -0.3 is 9.57 Å². The lowest BCUT2D eigenvalue weighted by Gasteiger charge is -2.30. The molecule has 0 saturated carbocycles. The van der Waals surface area contributed by atoms with Crippen molar-refractivity contribution in [2.24, 2.45) is 5.16 Å². The summed E-state index contributed by atoms with van der Waals surface area (Å²) in [7, 11) is 1.51. The van der Waals surface area contributed by atoms with Crippen LogP contribution >= 0.6 is 11.6 Å². The molecule has 0 N–H and O–H groups in total. The van der Waals surface area contributed by atoms with E-state index >= 15 is 0 Å². The molecule has 0 unspecified atom stereocenters. The number of methoxy groups -OCH3 is 1. The summed E-state index contributed by atoms with van der Waals surface area (Å²) in [5, 5.41) is 14.3. The summed E-state index contributed by atoms with van der Waals surface area (Å²) in [6.45, 7) is -1.56. The number of benzene rings is 2. The van der Waals surface area contributed by atoms with E-state index in [2.05, 4.69) is 5.16 Å². The molecular weight excluding hydrogens is 401 g/mol. The van der Waals surface area contributed by atoms with Gasteiger partial charge >= 0.3 is 11.8 Å². The maximum absolute atomic E-state index is 13.8. The van der Waals surface area contributed by atoms with Crippen LogP contribution in [0.5, 0.6) is 5.75 Å². The lowest BCUT2D eigenvalue weighted by Crippen LogP contribution is -2.49. The Morgan fingerprint density at radius 3 is 2.43 bits per heavy atom. The second kappa shape index (κ2) is 8.92. The molecule has 1 atom stereocenters. The van der Waals surface area contributed by atoms with Crippen molar-refractivity contribution in [3.05, 3.63) is 74.8 Å². The maximum atomic E-state index is 13.8. The highest BCUT2D eigenvalue weighted by molar-refractivity contribution is 6.30. The zero-order chi connectivity index (χ0) is 20.8. The first-order valence-electron chi connectivity index (χ1n) is 7.95. The van der Waals surface area contributed by atoms with Crippen LogP contribution in [0.4, 0.5) is 13.2 Å². The molecule has 0 heterocycles. The molecule has 0 aliphatic rings. The Kier molecular flexibility index (Phi) is 6.85. The first-order chi connectivity index (χ1) is 13.2. The average molecular weight is 417 g/mol. The maximum Gasteiger partial charge on any atom is 0.442 e. The fourth-order valence-corrected chi connectivity index (χ4v) is 2.62. The van der Waals surface area contributed by atoms with Gasteiger partial charge in [-0.05, 0) is 29.8 Å². The van der Waals surface area contributed by atoms with Gasteiger partial charge in [0.25, 0.3) is 6.54 Å². The van der Waals surface area contributed by atoms with Crippen LogP contribution in [0.2, 0.25) is 5.02 Å². The number of halogens is 4. The molecular formula is C18H16ClF3N2O4. The normalized spacial score (nSPS) is 13.9. The van der Waals surface area contributed by atoms with E-state index in [0.29, 0.717) is 5.75 Å². The molecule has 0 radical (unpaired) electrons. The van der Waals surface area contributed by atoms with Crippen LogP contribution < -0.4 is 4.74 Å². The van der Waals surface area contributed by atoms with Gasteiger partial charge in [0.15, 0.2) is 0 Å². The Hall–Kier alpha value is -2.81. The summed E-state index contributed by atoms with van der Waals surface area (Å²) in [5.74, 6) is 0.625. The molecule has 150 valence electrons. The molecule has 6 nitrogen and oxygen atoms in total. The van der Waals surface area contributed by atoms with Crippen molar-refractivity contribution in [1.29, 1.82) is 0 Å². The smallest absolute Gasteiger partial charge is 0.442 e. The first kappa shape index (κ1) is 21.5. The van der Waals surface area contributed by atoms with Gasteiger partial charge in [0.2, 0.25) is 0 Å². The number of nitro groups is 1. The molecule has 2 aromatic carbocycles. The van der Waals surface area contributed by atoms with E-state index in [1.807, 2.05) is 0 Å². The van der Waals surface area contributed by atoms with Crippen LogP contribution in [-0.4, -0.2) is 31.0 Å². The molecule has 28 heavy (non-hydrogen) atoms. The fourth-order valence-electron chi connectivity index (χ4n) is 2.43. The topological polar surface area (TPSA) is 74.0 Å². The van der Waals surface area contributed by atoms with Crippen molar-refractivity contribution in [3.63, 3.8) is 0 Å². The molecule has 0 fully saturated rings. The summed E-state index contributed by atoms with van der Waals surface area (Å²) in [5.41, 5.74) is -3.04. The molecule has 0 aliphatic carbocycles. The Bertz CT molecular complexity index is 843. The summed E-state index contributed by atoms with van der Waals surface area (Å²) in [6, 6.07) is 11.4. The molecule has 2 rings (SSSR count). The lowest BCUT2D eigenvalue weighted by atomic mass is 9.93. The quantitative estimate of drug-likeness (QED) is 0.357. The van der Waals surface area contributed by atoms with Gasteiger partial charge in [-0.15, -0.1) is 0 Å². The zero-order valence-corrected chi connectivity index (χ0v) is 15.4. The fraction of sp³-hybridized carbons (Fsp3) is 0.278. The van der Waals surface area contributed by atoms with Crippen LogP contribution in [0.15, 0.2) is 53.7 Å². The number of rotatable bonds is 8. The predicted octanol–water partition coefficient (Wildman–Crippen LogP) is 4.63. The summed E-state index contributed by atoms with van der Waals surface area (Å²) < 4.78 is 46.5. The second-order valence-corrected chi connectivity index (χ2v) is 6.19. The van der Waals surface area contributed by atoms with Crippen LogP contribution in [0, 0.1) is 10.1 Å². The highest BCUT2D eigenvalue weighted by atomic mass is 35.5. The molecule has 0 spiro atoms. The molecule has 0 aromatic heterocycles. The standard InChI is InChI=1S/C18H16ClF3N2O4/c1-27-16-7-5-13(6-8-16)9-10-23-28-17(12-24(25)26,18(20,21)22)14-3-2-4-15(19)11-14/h2-8,10-11H,9,12H2,1H3/b23-10+/t17-/m1/s1. The number of hydrogen-bond acceptors (Lipinski definition) is 5. The lowest BCUT2D eigenvalue weighted by molar-refractivity contribution is -0.522. The van der Waals surface area contributed by atoms with Gasteiger partial charge in [0, 0.05) is 28.1 Å². The number of nitrogens with zero attached hydrogens (tertiary/aromatic N) is 2. The highest BCUT2D eigenvalue weighted by Gasteiger charge is 2.63. The van der Waals surface area contributed by atoms with Crippen LogP contribution in [-0.2, 0) is 16.9 Å². The molecule has 10 heteroatoms. The summed E-state index contributed by atoms with van der Waals surface area (Å²) in [6.07, 6.45) is -3.85. The average Bonchev–Trinajstić information content (AvgIpc) is 2.63. The van der Waals surface area contributed by atoms with E-state index in [4.69, 9.17) is 21.2 Å². The van der Waals surface area contributed by atoms with Gasteiger partial charge in [0.05, 0.1) is 7.11 Å². The van der Waals surface area contributed by atoms with E-state index in [0.717, 1.165) is 23.9 Å². The van der Waals surface area contributed by atoms with Crippen molar-refractivity contribution >= 4 is 17.8 Å². The SMILES string of the molecule is COc1ccc(C/C=N/O[C@](C[N+](=O)[O-])(c2cccc(Cl)c2)C(F)(F)F)cc1. The Balaban J connectivity index is 2.29. The van der Waals surface area contributed by atoms with Crippen LogP contribution in [0.3, 0.4) is 0 Å². The third-order valence-electron chi connectivity index (χ3n) is 3.87. The Morgan fingerprint density at radius 2 is 1.89 bits per heavy atom. The molecule has 0 bridgehead atoms. The molecule has 2 aromatic rings. The van der Waals surface area contributed by atoms with Crippen molar-refractivity contribution < 1.29 is 27.7 Å². The van der Waals surface area contributed by atoms with E-state index < -0.39 is 28.8 Å². The number of alkyl halides is 3. The minimum absolute atomic E-state index is 0.0136. The van der Waals surface area contributed by atoms with Crippen molar-refractivity contribution in [3.8, 4) is 5.75 Å². The van der Waals surface area contributed by atoms with E-state index in [-0.39, 0.29) is 11.4 Å². The van der Waals surface area contributed by atoms with Gasteiger partial charge in [-0.2, -0.15) is 13.2 Å². The summed E-state index contributed by atoms with van der Waals surface area (Å²) in [4.78, 5) is 14.6. The minimum Gasteiger partial charge on any atom is -0.497 e. The first-order valence-corrected chi connectivity index (χ1v) is 8.33. The third kappa shape index (κ3) is 5.13. The number of hydrogen-bond donors (Lipinski definition) is 0. The highest BCUT2D eigenvalue weighted by Crippen LogP contribution is 2.43. The van der Waals surface area contributed by atoms with Gasteiger partial charge in [-0.25, -0.2) is 0 Å². The number of ether oxygens (including phenoxy) is 1. The Labute approximate surface area is 163 Å². The number of oxime groups is 1. The largest absolute Gasteiger partial charge is 0.497 e. The van der Waals surface area contributed by atoms with E-state index in [9.17, 15) is 23.3 Å². The van der Waals surface area contributed by atoms with Crippen molar-refractivity contribution in [2.45, 2.75) is 18.2 Å². The van der Waals surface area contributed by atoms with Crippen molar-refractivity contribution in [1.82, 2.24) is 0 Å². The van der Waals surface area contributed by atoms with E-state index in [1.54, 1.807) is 24.3 Å². The van der Waals surface area contributed by atoms with Crippen molar-refractivity contribution in [2.75, 3.05) is 13.7 Å². The van der Waals surface area contributed by atoms with Gasteiger partial charge in [0.1, 0.15) is 5.75 Å². The van der Waals surface area contributed by atoms with Crippen LogP contribution in [0.25, 0.3) is 0 Å². The minimum atomic E-state index is -5.11. The second-order valence-electron chi connectivity index (χ2n) is 5.76. The van der Waals surface area contributed by atoms with Gasteiger partial charge in [-0.1, -0.05) is 41.0 Å². The molecule has 0 aliphatic heterocycles. The monoisotopic (exact) mass is 416 g/mol.